The minimum Gasteiger partial charge on any atom is -0.258 e. The Labute approximate surface area is 579 Å². The minimum absolute atomic E-state index is 0.680. The predicted octanol–water partition coefficient (Wildman–Crippen LogP) is 23.4. The van der Waals surface area contributed by atoms with E-state index < -0.39 is 0 Å². The van der Waals surface area contributed by atoms with Gasteiger partial charge >= 0.3 is 0 Å². The maximum absolute atomic E-state index is 5.23. The number of benzene rings is 12. The monoisotopic (exact) mass is 1280 g/mol. The van der Waals surface area contributed by atoms with Gasteiger partial charge in [0.05, 0.1) is 44.8 Å². The van der Waals surface area contributed by atoms with Gasteiger partial charge in [0.15, 0.2) is 11.6 Å². The van der Waals surface area contributed by atoms with Gasteiger partial charge in [0, 0.05) is 111 Å². The fourth-order valence-corrected chi connectivity index (χ4v) is 14.1. The Morgan fingerprint density at radius 3 is 1.07 bits per heavy atom. The third-order valence-corrected chi connectivity index (χ3v) is 19.0. The summed E-state index contributed by atoms with van der Waals surface area (Å²) in [4.78, 5) is 40.4. The Bertz CT molecular complexity index is 6190. The average molecular weight is 1280 g/mol. The molecule has 0 spiro atoms. The molecule has 18 rings (SSSR count). The van der Waals surface area contributed by atoms with Crippen molar-refractivity contribution in [2.75, 3.05) is 0 Å². The number of para-hydroxylation sites is 2. The molecule has 0 aliphatic rings. The fraction of sp³-hybridized carbons (Fsp3) is 0.0435. The van der Waals surface area contributed by atoms with E-state index in [1.807, 2.05) is 50.2 Å². The molecule has 8 heteroatoms. The molecule has 0 unspecified atom stereocenters. The van der Waals surface area contributed by atoms with E-state index in [9.17, 15) is 0 Å². The molecule has 0 radical (unpaired) electrons. The highest BCUT2D eigenvalue weighted by Crippen LogP contribution is 2.42. The van der Waals surface area contributed by atoms with Crippen LogP contribution in [-0.2, 0) is 0 Å². The van der Waals surface area contributed by atoms with Crippen molar-refractivity contribution in [1.29, 1.82) is 0 Å². The lowest BCUT2D eigenvalue weighted by molar-refractivity contribution is 1.12. The second kappa shape index (κ2) is 25.8. The van der Waals surface area contributed by atoms with Gasteiger partial charge in [-0.2, -0.15) is 0 Å². The van der Waals surface area contributed by atoms with Gasteiger partial charge in [-0.3, -0.25) is 9.97 Å². The number of fused-ring (bicyclic) bond motifs is 8. The van der Waals surface area contributed by atoms with Gasteiger partial charge in [-0.15, -0.1) is 0 Å². The van der Waals surface area contributed by atoms with Crippen molar-refractivity contribution < 1.29 is 0 Å². The predicted molar refractivity (Wildman–Crippen MR) is 414 cm³/mol. The van der Waals surface area contributed by atoms with Gasteiger partial charge in [-0.05, 0) is 103 Å². The van der Waals surface area contributed by atoms with Crippen LogP contribution in [0.1, 0.15) is 22.8 Å². The lowest BCUT2D eigenvalue weighted by Crippen LogP contribution is -1.98. The third-order valence-electron chi connectivity index (χ3n) is 19.0. The molecular formula is C92H64N8. The van der Waals surface area contributed by atoms with Crippen LogP contribution in [-0.4, -0.2) is 39.9 Å². The van der Waals surface area contributed by atoms with E-state index in [1.165, 1.54) is 21.9 Å². The highest BCUT2D eigenvalue weighted by Gasteiger charge is 2.20. The van der Waals surface area contributed by atoms with Gasteiger partial charge in [0.2, 0.25) is 0 Å². The molecule has 12 aromatic carbocycles. The second-order valence-electron chi connectivity index (χ2n) is 25.5. The molecular weight excluding hydrogens is 1220 g/mol. The minimum atomic E-state index is 0.680. The summed E-state index contributed by atoms with van der Waals surface area (Å²) in [6, 6.07) is 110. The molecule has 8 nitrogen and oxygen atoms in total. The maximum Gasteiger partial charge on any atom is 0.161 e. The molecule has 0 saturated carbocycles. The molecule has 0 aliphatic heterocycles. The van der Waals surface area contributed by atoms with Crippen LogP contribution < -0.4 is 0 Å². The summed E-state index contributed by atoms with van der Waals surface area (Å²) >= 11 is 0. The van der Waals surface area contributed by atoms with Crippen molar-refractivity contribution in [2.45, 2.75) is 27.7 Å². The van der Waals surface area contributed by atoms with Crippen molar-refractivity contribution in [3.8, 4) is 112 Å². The SMILES string of the molecule is Cc1ccc(-c2cccc(-c3nc(-c4ccccc4)cc(-c4ccc(-c5c6ccccc6nc6c5ccc5ccccc56)cc4)n3)c2)c(C)n1.Cc1ccc(-c2ccccc2-c2nc(-c3ccccc3)cc(-c3ccc(-c4c5ccccc5nc5c4ccc4ccccc45)cc3)n2)c(C)n1. The summed E-state index contributed by atoms with van der Waals surface area (Å²) < 4.78 is 0. The zero-order valence-electron chi connectivity index (χ0n) is 55.6. The van der Waals surface area contributed by atoms with Crippen molar-refractivity contribution >= 4 is 65.2 Å². The molecule has 6 heterocycles. The lowest BCUT2D eigenvalue weighted by atomic mass is 9.93. The third kappa shape index (κ3) is 11.5. The van der Waals surface area contributed by atoms with Gasteiger partial charge < -0.3 is 0 Å². The van der Waals surface area contributed by atoms with E-state index in [2.05, 4.69) is 293 Å². The van der Waals surface area contributed by atoms with Crippen molar-refractivity contribution in [2.24, 2.45) is 0 Å². The summed E-state index contributed by atoms with van der Waals surface area (Å²) in [5.74, 6) is 1.36. The van der Waals surface area contributed by atoms with Crippen molar-refractivity contribution in [3.05, 3.63) is 338 Å². The number of aromatic nitrogens is 8. The molecule has 0 saturated heterocycles. The Hall–Kier alpha value is -13.0. The van der Waals surface area contributed by atoms with E-state index in [4.69, 9.17) is 39.9 Å². The molecule has 6 aromatic heterocycles. The van der Waals surface area contributed by atoms with Gasteiger partial charge in [-0.25, -0.2) is 29.9 Å². The highest BCUT2D eigenvalue weighted by atomic mass is 14.9. The summed E-state index contributed by atoms with van der Waals surface area (Å²) in [6.45, 7) is 8.16. The second-order valence-corrected chi connectivity index (χ2v) is 25.5. The summed E-state index contributed by atoms with van der Waals surface area (Å²) in [6.07, 6.45) is 0. The van der Waals surface area contributed by atoms with Crippen LogP contribution in [0.4, 0.5) is 0 Å². The maximum atomic E-state index is 5.23. The fourth-order valence-electron chi connectivity index (χ4n) is 14.1. The number of pyridine rings is 4. The van der Waals surface area contributed by atoms with Crippen LogP contribution in [0.5, 0.6) is 0 Å². The molecule has 0 aliphatic carbocycles. The van der Waals surface area contributed by atoms with Crippen LogP contribution in [0.3, 0.4) is 0 Å². The summed E-state index contributed by atoms with van der Waals surface area (Å²) in [7, 11) is 0. The van der Waals surface area contributed by atoms with Crippen LogP contribution in [0.25, 0.3) is 177 Å². The van der Waals surface area contributed by atoms with Crippen LogP contribution >= 0.6 is 0 Å². The molecule has 0 N–H and O–H groups in total. The molecule has 0 atom stereocenters. The molecule has 100 heavy (non-hydrogen) atoms. The van der Waals surface area contributed by atoms with E-state index in [1.54, 1.807) is 0 Å². The van der Waals surface area contributed by atoms with E-state index in [-0.39, 0.29) is 0 Å². The first-order valence-corrected chi connectivity index (χ1v) is 33.8. The summed E-state index contributed by atoms with van der Waals surface area (Å²) in [5, 5.41) is 9.25. The van der Waals surface area contributed by atoms with E-state index in [0.29, 0.717) is 11.6 Å². The Kier molecular flexibility index (Phi) is 15.7. The largest absolute Gasteiger partial charge is 0.258 e. The average Bonchev–Trinajstić information content (AvgIpc) is 0.756. The lowest BCUT2D eigenvalue weighted by Gasteiger charge is -2.15. The van der Waals surface area contributed by atoms with Crippen LogP contribution in [0, 0.1) is 27.7 Å². The van der Waals surface area contributed by atoms with Gasteiger partial charge in [0.1, 0.15) is 0 Å². The van der Waals surface area contributed by atoms with Crippen molar-refractivity contribution in [1.82, 2.24) is 39.9 Å². The molecule has 0 amide bonds. The number of aryl methyl sites for hydroxylation is 4. The number of rotatable bonds is 10. The smallest absolute Gasteiger partial charge is 0.161 e. The van der Waals surface area contributed by atoms with Gasteiger partial charge in [0.25, 0.3) is 0 Å². The van der Waals surface area contributed by atoms with E-state index in [0.717, 1.165) is 167 Å². The molecule has 472 valence electrons. The Morgan fingerprint density at radius 1 is 0.200 bits per heavy atom. The Balaban J connectivity index is 0.000000150. The van der Waals surface area contributed by atoms with Gasteiger partial charge in [-0.1, -0.05) is 273 Å². The first-order valence-electron chi connectivity index (χ1n) is 33.8. The standard InChI is InChI=1S/2C46H32N4/c1-29-20-26-35(30(2)47-29)37-16-8-9-17-38(37)46-49-42(32-13-4-3-5-14-32)28-43(50-46)33-21-23-34(24-22-33)44-39-18-10-11-19-41(39)48-45-36-15-7-6-12-31(36)25-27-40(44)45;1-29-19-25-37(30(2)47-29)35-14-10-15-36(27-35)46-49-42(32-12-4-3-5-13-32)28-43(50-46)33-20-22-34(23-21-33)44-39-17-8-9-18-41(39)48-45-38-16-7-6-11-31(38)24-26-40(44)45/h2*3-28H,1-2H3. The Morgan fingerprint density at radius 2 is 0.580 bits per heavy atom. The van der Waals surface area contributed by atoms with Crippen LogP contribution in [0.2, 0.25) is 0 Å². The quantitative estimate of drug-likeness (QED) is 0.0985. The molecule has 0 bridgehead atoms. The first kappa shape index (κ1) is 60.6. The topological polar surface area (TPSA) is 103 Å². The molecule has 0 fully saturated rings. The normalized spacial score (nSPS) is 11.4. The zero-order chi connectivity index (χ0) is 67.2. The number of hydrogen-bond donors (Lipinski definition) is 0. The van der Waals surface area contributed by atoms with Crippen LogP contribution in [0.15, 0.2) is 315 Å². The number of nitrogens with zero attached hydrogens (tertiary/aromatic N) is 8. The van der Waals surface area contributed by atoms with Crippen molar-refractivity contribution in [3.63, 3.8) is 0 Å². The number of hydrogen-bond acceptors (Lipinski definition) is 8. The van der Waals surface area contributed by atoms with E-state index >= 15 is 0 Å². The molecule has 18 aromatic rings. The first-order chi connectivity index (χ1) is 49.2. The zero-order valence-corrected chi connectivity index (χ0v) is 55.6. The highest BCUT2D eigenvalue weighted by molar-refractivity contribution is 6.18. The summed E-state index contributed by atoms with van der Waals surface area (Å²) in [5.41, 5.74) is 26.6.